The van der Waals surface area contributed by atoms with Gasteiger partial charge in [0, 0.05) is 0 Å². The largest absolute Gasteiger partial charge is 0.468 e. The van der Waals surface area contributed by atoms with Gasteiger partial charge in [-0.25, -0.2) is 17.5 Å². The van der Waals surface area contributed by atoms with Crippen LogP contribution >= 0.6 is 0 Å². The normalized spacial score (nSPS) is 11.6. The fraction of sp³-hybridized carbons (Fsp3) is 0.0909. The molecule has 0 saturated carbocycles. The monoisotopic (exact) mass is 270 g/mol. The van der Waals surface area contributed by atoms with Crippen molar-refractivity contribution in [2.24, 2.45) is 0 Å². The molecule has 1 aromatic heterocycles. The van der Waals surface area contributed by atoms with Gasteiger partial charge in [-0.05, 0) is 30.3 Å². The Kier molecular flexibility index (Phi) is 3.35. The molecule has 2 aromatic rings. The van der Waals surface area contributed by atoms with E-state index >= 15 is 0 Å². The lowest BCUT2D eigenvalue weighted by Gasteiger charge is -2.06. The zero-order valence-corrected chi connectivity index (χ0v) is 10.1. The molecule has 0 aliphatic carbocycles. The number of halogens is 1. The van der Waals surface area contributed by atoms with Crippen LogP contribution in [0.25, 0.3) is 0 Å². The van der Waals surface area contributed by atoms with Crippen molar-refractivity contribution in [3.63, 3.8) is 0 Å². The van der Waals surface area contributed by atoms with Crippen LogP contribution in [-0.2, 0) is 16.6 Å². The maximum Gasteiger partial charge on any atom is 0.241 e. The Morgan fingerprint density at radius 2 is 2.11 bits per heavy atom. The standard InChI is InChI=1S/C11H11FN2O3S/c12-10-4-3-9(6-11(10)13)18(15,16)14-7-8-2-1-5-17-8/h1-6,14H,7,13H2. The number of rotatable bonds is 4. The van der Waals surface area contributed by atoms with Crippen LogP contribution in [0, 0.1) is 5.82 Å². The molecule has 5 nitrogen and oxygen atoms in total. The van der Waals surface area contributed by atoms with Crippen molar-refractivity contribution in [1.29, 1.82) is 0 Å². The molecular formula is C11H11FN2O3S. The number of nitrogens with two attached hydrogens (primary N) is 1. The Labute approximate surface area is 103 Å². The van der Waals surface area contributed by atoms with Crippen molar-refractivity contribution < 1.29 is 17.2 Å². The average Bonchev–Trinajstić information content (AvgIpc) is 2.83. The van der Waals surface area contributed by atoms with E-state index in [0.29, 0.717) is 5.76 Å². The predicted octanol–water partition coefficient (Wildman–Crippen LogP) is 1.48. The third-order valence-corrected chi connectivity index (χ3v) is 3.69. The maximum absolute atomic E-state index is 12.9. The van der Waals surface area contributed by atoms with Gasteiger partial charge in [-0.15, -0.1) is 0 Å². The van der Waals surface area contributed by atoms with Crippen LogP contribution in [-0.4, -0.2) is 8.42 Å². The van der Waals surface area contributed by atoms with Crippen molar-refractivity contribution in [2.45, 2.75) is 11.4 Å². The van der Waals surface area contributed by atoms with Gasteiger partial charge in [0.15, 0.2) is 0 Å². The van der Waals surface area contributed by atoms with Gasteiger partial charge in [-0.2, -0.15) is 0 Å². The summed E-state index contributed by atoms with van der Waals surface area (Å²) in [4.78, 5) is -0.0899. The zero-order valence-electron chi connectivity index (χ0n) is 9.26. The van der Waals surface area contributed by atoms with Crippen LogP contribution in [0.2, 0.25) is 0 Å². The molecule has 2 rings (SSSR count). The fourth-order valence-corrected chi connectivity index (χ4v) is 2.38. The van der Waals surface area contributed by atoms with Crippen LogP contribution in [0.15, 0.2) is 45.9 Å². The second-order valence-corrected chi connectivity index (χ2v) is 5.35. The molecule has 0 radical (unpaired) electrons. The highest BCUT2D eigenvalue weighted by atomic mass is 32.2. The lowest BCUT2D eigenvalue weighted by Crippen LogP contribution is -2.23. The van der Waals surface area contributed by atoms with Crippen molar-refractivity contribution in [1.82, 2.24) is 4.72 Å². The second kappa shape index (κ2) is 4.79. The lowest BCUT2D eigenvalue weighted by atomic mass is 10.3. The zero-order chi connectivity index (χ0) is 13.2. The van der Waals surface area contributed by atoms with Crippen LogP contribution in [0.1, 0.15) is 5.76 Å². The Balaban J connectivity index is 2.17. The first-order valence-corrected chi connectivity index (χ1v) is 6.54. The highest BCUT2D eigenvalue weighted by Gasteiger charge is 2.15. The third kappa shape index (κ3) is 2.69. The number of nitrogen functional groups attached to an aromatic ring is 1. The average molecular weight is 270 g/mol. The van der Waals surface area contributed by atoms with Gasteiger partial charge in [-0.3, -0.25) is 0 Å². The molecule has 96 valence electrons. The van der Waals surface area contributed by atoms with E-state index in [1.165, 1.54) is 6.26 Å². The maximum atomic E-state index is 12.9. The van der Waals surface area contributed by atoms with Crippen molar-refractivity contribution in [2.75, 3.05) is 5.73 Å². The molecule has 7 heteroatoms. The van der Waals surface area contributed by atoms with Gasteiger partial charge < -0.3 is 10.2 Å². The van der Waals surface area contributed by atoms with E-state index in [1.54, 1.807) is 12.1 Å². The summed E-state index contributed by atoms with van der Waals surface area (Å²) >= 11 is 0. The summed E-state index contributed by atoms with van der Waals surface area (Å²) in [6, 6.07) is 6.52. The number of benzene rings is 1. The van der Waals surface area contributed by atoms with Gasteiger partial charge >= 0.3 is 0 Å². The molecule has 0 aliphatic heterocycles. The van der Waals surface area contributed by atoms with Crippen LogP contribution in [0.4, 0.5) is 10.1 Å². The summed E-state index contributed by atoms with van der Waals surface area (Å²) in [6.45, 7) is 0.0205. The molecule has 18 heavy (non-hydrogen) atoms. The molecule has 0 atom stereocenters. The fourth-order valence-electron chi connectivity index (χ4n) is 1.35. The molecule has 1 aromatic carbocycles. The van der Waals surface area contributed by atoms with E-state index in [0.717, 1.165) is 18.2 Å². The highest BCUT2D eigenvalue weighted by Crippen LogP contribution is 2.16. The molecule has 0 amide bonds. The highest BCUT2D eigenvalue weighted by molar-refractivity contribution is 7.89. The quantitative estimate of drug-likeness (QED) is 0.824. The third-order valence-electron chi connectivity index (χ3n) is 2.29. The summed E-state index contributed by atoms with van der Waals surface area (Å²) in [7, 11) is -3.73. The minimum atomic E-state index is -3.73. The van der Waals surface area contributed by atoms with E-state index in [-0.39, 0.29) is 17.1 Å². The summed E-state index contributed by atoms with van der Waals surface area (Å²) in [5.41, 5.74) is 5.11. The Morgan fingerprint density at radius 1 is 1.33 bits per heavy atom. The summed E-state index contributed by atoms with van der Waals surface area (Å²) in [5.74, 6) is -0.173. The van der Waals surface area contributed by atoms with Crippen molar-refractivity contribution >= 4 is 15.7 Å². The topological polar surface area (TPSA) is 85.3 Å². The SMILES string of the molecule is Nc1cc(S(=O)(=O)NCc2ccco2)ccc1F. The van der Waals surface area contributed by atoms with E-state index < -0.39 is 15.8 Å². The van der Waals surface area contributed by atoms with Gasteiger partial charge in [0.25, 0.3) is 0 Å². The van der Waals surface area contributed by atoms with Gasteiger partial charge in [-0.1, -0.05) is 0 Å². The van der Waals surface area contributed by atoms with Gasteiger partial charge in [0.1, 0.15) is 11.6 Å². The molecule has 0 spiro atoms. The summed E-state index contributed by atoms with van der Waals surface area (Å²) in [6.07, 6.45) is 1.44. The van der Waals surface area contributed by atoms with E-state index in [1.807, 2.05) is 0 Å². The number of hydrogen-bond donors (Lipinski definition) is 2. The molecule has 0 bridgehead atoms. The molecule has 0 saturated heterocycles. The lowest BCUT2D eigenvalue weighted by molar-refractivity contribution is 0.498. The molecule has 0 fully saturated rings. The minimum absolute atomic E-state index is 0.0205. The number of hydrogen-bond acceptors (Lipinski definition) is 4. The molecule has 3 N–H and O–H groups in total. The molecular weight excluding hydrogens is 259 g/mol. The first kappa shape index (κ1) is 12.6. The van der Waals surface area contributed by atoms with Gasteiger partial charge in [0.05, 0.1) is 23.4 Å². The number of nitrogens with one attached hydrogen (secondary N) is 1. The number of anilines is 1. The predicted molar refractivity (Wildman–Crippen MR) is 63.5 cm³/mol. The first-order valence-electron chi connectivity index (χ1n) is 5.06. The summed E-state index contributed by atoms with van der Waals surface area (Å²) < 4.78 is 44.0. The van der Waals surface area contributed by atoms with Crippen LogP contribution in [0.3, 0.4) is 0 Å². The second-order valence-electron chi connectivity index (χ2n) is 3.59. The first-order chi connectivity index (χ1) is 8.49. The molecule has 1 heterocycles. The van der Waals surface area contributed by atoms with Crippen molar-refractivity contribution in [3.8, 4) is 0 Å². The smallest absolute Gasteiger partial charge is 0.241 e. The van der Waals surface area contributed by atoms with Gasteiger partial charge in [0.2, 0.25) is 10.0 Å². The van der Waals surface area contributed by atoms with E-state index in [2.05, 4.69) is 4.72 Å². The molecule has 0 aliphatic rings. The number of sulfonamides is 1. The summed E-state index contributed by atoms with van der Waals surface area (Å²) in [5, 5.41) is 0. The Morgan fingerprint density at radius 3 is 2.72 bits per heavy atom. The van der Waals surface area contributed by atoms with Crippen LogP contribution < -0.4 is 10.5 Å². The van der Waals surface area contributed by atoms with E-state index in [9.17, 15) is 12.8 Å². The minimum Gasteiger partial charge on any atom is -0.468 e. The number of furan rings is 1. The van der Waals surface area contributed by atoms with E-state index in [4.69, 9.17) is 10.2 Å². The van der Waals surface area contributed by atoms with Crippen LogP contribution in [0.5, 0.6) is 0 Å². The Bertz CT molecular complexity index is 638. The molecule has 0 unspecified atom stereocenters. The van der Waals surface area contributed by atoms with Crippen molar-refractivity contribution in [3.05, 3.63) is 48.2 Å². The Hall–Kier alpha value is -1.86.